The quantitative estimate of drug-likeness (QED) is 0.844. The van der Waals surface area contributed by atoms with Crippen LogP contribution in [0.2, 0.25) is 0 Å². The molecule has 1 unspecified atom stereocenters. The molecule has 1 fully saturated rings. The summed E-state index contributed by atoms with van der Waals surface area (Å²) in [5.41, 5.74) is -0.426. The number of hydrogen-bond acceptors (Lipinski definition) is 3. The third-order valence-electron chi connectivity index (χ3n) is 3.32. The van der Waals surface area contributed by atoms with E-state index in [-0.39, 0.29) is 18.0 Å². The molecule has 0 bridgehead atoms. The number of likely N-dealkylation sites (tertiary alicyclic amines) is 1. The molecule has 1 saturated heterocycles. The molecule has 1 heterocycles. The van der Waals surface area contributed by atoms with E-state index in [4.69, 9.17) is 5.11 Å². The Balaban J connectivity index is 2.19. The number of aliphatic hydroxyl groups is 1. The summed E-state index contributed by atoms with van der Waals surface area (Å²) in [5.74, 6) is -1.29. The first kappa shape index (κ1) is 13.5. The van der Waals surface area contributed by atoms with Crippen LogP contribution in [0.25, 0.3) is 0 Å². The third kappa shape index (κ3) is 3.12. The molecule has 5 nitrogen and oxygen atoms in total. The average molecular weight is 263 g/mol. The van der Waals surface area contributed by atoms with Crippen molar-refractivity contribution in [3.05, 3.63) is 35.4 Å². The van der Waals surface area contributed by atoms with Crippen LogP contribution in [0.1, 0.15) is 40.5 Å². The van der Waals surface area contributed by atoms with E-state index < -0.39 is 11.6 Å². The zero-order valence-corrected chi connectivity index (χ0v) is 10.8. The number of carboxylic acids is 1. The molecule has 0 aliphatic carbocycles. The van der Waals surface area contributed by atoms with Crippen LogP contribution in [0.3, 0.4) is 0 Å². The standard InChI is InChI=1S/C14H17NO4/c1-14(19)6-3-7-15(9-14)12(16)10-4-2-5-11(8-10)13(17)18/h2,4-5,8,19H,3,6-7,9H2,1H3,(H,17,18). The van der Waals surface area contributed by atoms with Crippen molar-refractivity contribution >= 4 is 11.9 Å². The topological polar surface area (TPSA) is 77.8 Å². The van der Waals surface area contributed by atoms with Gasteiger partial charge in [0.25, 0.3) is 5.91 Å². The van der Waals surface area contributed by atoms with Gasteiger partial charge in [0.2, 0.25) is 0 Å². The van der Waals surface area contributed by atoms with Gasteiger partial charge in [-0.2, -0.15) is 0 Å². The fraction of sp³-hybridized carbons (Fsp3) is 0.429. The number of piperidine rings is 1. The Bertz CT molecular complexity index is 510. The number of carbonyl (C=O) groups excluding carboxylic acids is 1. The maximum Gasteiger partial charge on any atom is 0.335 e. The Morgan fingerprint density at radius 2 is 2.00 bits per heavy atom. The van der Waals surface area contributed by atoms with E-state index in [0.717, 1.165) is 6.42 Å². The van der Waals surface area contributed by atoms with Crippen LogP contribution in [-0.4, -0.2) is 45.7 Å². The summed E-state index contributed by atoms with van der Waals surface area (Å²) in [7, 11) is 0. The van der Waals surface area contributed by atoms with Gasteiger partial charge < -0.3 is 15.1 Å². The van der Waals surface area contributed by atoms with Gasteiger partial charge in [-0.3, -0.25) is 4.79 Å². The maximum atomic E-state index is 12.3. The molecule has 102 valence electrons. The first-order valence-corrected chi connectivity index (χ1v) is 6.24. The van der Waals surface area contributed by atoms with Crippen molar-refractivity contribution in [2.45, 2.75) is 25.4 Å². The molecule has 1 aromatic carbocycles. The summed E-state index contributed by atoms with van der Waals surface area (Å²) < 4.78 is 0. The number of hydrogen-bond donors (Lipinski definition) is 2. The fourth-order valence-corrected chi connectivity index (χ4v) is 2.36. The van der Waals surface area contributed by atoms with E-state index in [9.17, 15) is 14.7 Å². The van der Waals surface area contributed by atoms with E-state index in [1.54, 1.807) is 24.0 Å². The Kier molecular flexibility index (Phi) is 3.57. The molecule has 1 aromatic rings. The van der Waals surface area contributed by atoms with E-state index in [1.165, 1.54) is 12.1 Å². The van der Waals surface area contributed by atoms with Crippen LogP contribution >= 0.6 is 0 Å². The van der Waals surface area contributed by atoms with Crippen LogP contribution in [0.5, 0.6) is 0 Å². The van der Waals surface area contributed by atoms with Crippen LogP contribution in [-0.2, 0) is 0 Å². The molecule has 0 aromatic heterocycles. The Morgan fingerprint density at radius 3 is 2.63 bits per heavy atom. The lowest BCUT2D eigenvalue weighted by molar-refractivity contribution is -0.0107. The van der Waals surface area contributed by atoms with Crippen molar-refractivity contribution < 1.29 is 19.8 Å². The number of β-amino-alcohol motifs (C(OH)–C–C–N with tert-alkyl or cyclic N) is 1. The summed E-state index contributed by atoms with van der Waals surface area (Å²) in [6.07, 6.45) is 1.42. The lowest BCUT2D eigenvalue weighted by Gasteiger charge is -2.36. The van der Waals surface area contributed by atoms with Crippen molar-refractivity contribution in [2.75, 3.05) is 13.1 Å². The minimum atomic E-state index is -1.06. The number of carbonyl (C=O) groups is 2. The lowest BCUT2D eigenvalue weighted by Crippen LogP contribution is -2.48. The van der Waals surface area contributed by atoms with E-state index in [0.29, 0.717) is 18.5 Å². The van der Waals surface area contributed by atoms with Crippen LogP contribution in [0, 0.1) is 0 Å². The Labute approximate surface area is 111 Å². The van der Waals surface area contributed by atoms with Crippen molar-refractivity contribution in [1.29, 1.82) is 0 Å². The Morgan fingerprint density at radius 1 is 1.32 bits per heavy atom. The molecule has 1 atom stereocenters. The van der Waals surface area contributed by atoms with Crippen LogP contribution < -0.4 is 0 Å². The number of benzene rings is 1. The molecule has 0 radical (unpaired) electrons. The first-order chi connectivity index (χ1) is 8.89. The second-order valence-electron chi connectivity index (χ2n) is 5.21. The molecule has 1 amide bonds. The molecular formula is C14H17NO4. The average Bonchev–Trinajstić information content (AvgIpc) is 2.37. The summed E-state index contributed by atoms with van der Waals surface area (Å²) in [4.78, 5) is 24.7. The van der Waals surface area contributed by atoms with Gasteiger partial charge in [0.05, 0.1) is 11.2 Å². The van der Waals surface area contributed by atoms with Gasteiger partial charge >= 0.3 is 5.97 Å². The van der Waals surface area contributed by atoms with Crippen molar-refractivity contribution in [2.24, 2.45) is 0 Å². The predicted molar refractivity (Wildman–Crippen MR) is 69.2 cm³/mol. The normalized spacial score (nSPS) is 23.2. The second-order valence-corrected chi connectivity index (χ2v) is 5.21. The molecule has 0 saturated carbocycles. The molecule has 0 spiro atoms. The number of rotatable bonds is 2. The lowest BCUT2D eigenvalue weighted by atomic mass is 9.94. The van der Waals surface area contributed by atoms with Crippen molar-refractivity contribution in [1.82, 2.24) is 4.90 Å². The number of carboxylic acid groups (broad SMARTS) is 1. The zero-order valence-electron chi connectivity index (χ0n) is 10.8. The second kappa shape index (κ2) is 5.01. The van der Waals surface area contributed by atoms with Crippen molar-refractivity contribution in [3.8, 4) is 0 Å². The Hall–Kier alpha value is -1.88. The minimum absolute atomic E-state index is 0.0922. The van der Waals surface area contributed by atoms with Gasteiger partial charge in [0.15, 0.2) is 0 Å². The largest absolute Gasteiger partial charge is 0.478 e. The highest BCUT2D eigenvalue weighted by Gasteiger charge is 2.31. The molecular weight excluding hydrogens is 246 g/mol. The smallest absolute Gasteiger partial charge is 0.335 e. The first-order valence-electron chi connectivity index (χ1n) is 6.24. The van der Waals surface area contributed by atoms with Crippen molar-refractivity contribution in [3.63, 3.8) is 0 Å². The molecule has 19 heavy (non-hydrogen) atoms. The highest BCUT2D eigenvalue weighted by molar-refractivity contribution is 5.97. The van der Waals surface area contributed by atoms with Gasteiger partial charge in [-0.25, -0.2) is 4.79 Å². The number of nitrogens with zero attached hydrogens (tertiary/aromatic N) is 1. The molecule has 5 heteroatoms. The van der Waals surface area contributed by atoms with Gasteiger partial charge in [-0.05, 0) is 38.0 Å². The molecule has 2 N–H and O–H groups in total. The maximum absolute atomic E-state index is 12.3. The fourth-order valence-electron chi connectivity index (χ4n) is 2.36. The van der Waals surface area contributed by atoms with Crippen LogP contribution in [0.15, 0.2) is 24.3 Å². The highest BCUT2D eigenvalue weighted by atomic mass is 16.4. The molecule has 2 rings (SSSR count). The predicted octanol–water partition coefficient (Wildman–Crippen LogP) is 1.37. The third-order valence-corrected chi connectivity index (χ3v) is 3.32. The zero-order chi connectivity index (χ0) is 14.0. The highest BCUT2D eigenvalue weighted by Crippen LogP contribution is 2.22. The van der Waals surface area contributed by atoms with Gasteiger partial charge in [-0.15, -0.1) is 0 Å². The van der Waals surface area contributed by atoms with Crippen LogP contribution in [0.4, 0.5) is 0 Å². The summed E-state index contributed by atoms with van der Waals surface area (Å²) in [6, 6.07) is 5.97. The summed E-state index contributed by atoms with van der Waals surface area (Å²) in [6.45, 7) is 2.58. The van der Waals surface area contributed by atoms with E-state index in [1.807, 2.05) is 0 Å². The number of aromatic carboxylic acids is 1. The van der Waals surface area contributed by atoms with E-state index >= 15 is 0 Å². The van der Waals surface area contributed by atoms with E-state index in [2.05, 4.69) is 0 Å². The minimum Gasteiger partial charge on any atom is -0.478 e. The monoisotopic (exact) mass is 263 g/mol. The molecule has 1 aliphatic rings. The summed E-state index contributed by atoms with van der Waals surface area (Å²) in [5, 5.41) is 18.9. The number of amides is 1. The van der Waals surface area contributed by atoms with Gasteiger partial charge in [-0.1, -0.05) is 6.07 Å². The van der Waals surface area contributed by atoms with Gasteiger partial charge in [0.1, 0.15) is 0 Å². The SMILES string of the molecule is CC1(O)CCCN(C(=O)c2cccc(C(=O)O)c2)C1. The summed E-state index contributed by atoms with van der Waals surface area (Å²) >= 11 is 0. The molecule has 1 aliphatic heterocycles. The van der Waals surface area contributed by atoms with Gasteiger partial charge in [0, 0.05) is 18.7 Å².